The van der Waals surface area contributed by atoms with Gasteiger partial charge in [-0.05, 0) is 38.0 Å². The molecular formula is C19H29F3O. The molecule has 0 N–H and O–H groups in total. The van der Waals surface area contributed by atoms with Crippen LogP contribution in [0.2, 0.25) is 0 Å². The topological polar surface area (TPSA) is 9.23 Å². The summed E-state index contributed by atoms with van der Waals surface area (Å²) in [5, 5.41) is 0. The molecule has 0 saturated heterocycles. The molecule has 1 aromatic rings. The van der Waals surface area contributed by atoms with Crippen molar-refractivity contribution < 1.29 is 17.9 Å². The van der Waals surface area contributed by atoms with Gasteiger partial charge in [-0.2, -0.15) is 0 Å². The van der Waals surface area contributed by atoms with Gasteiger partial charge in [0, 0.05) is 13.0 Å². The second kappa shape index (κ2) is 9.31. The largest absolute Gasteiger partial charge is 0.378 e. The van der Waals surface area contributed by atoms with Crippen molar-refractivity contribution in [3.8, 4) is 0 Å². The molecule has 0 saturated carbocycles. The summed E-state index contributed by atoms with van der Waals surface area (Å²) in [7, 11) is 1.59. The first-order valence-electron chi connectivity index (χ1n) is 8.53. The van der Waals surface area contributed by atoms with E-state index in [1.165, 1.54) is 25.7 Å². The first-order chi connectivity index (χ1) is 10.8. The van der Waals surface area contributed by atoms with Gasteiger partial charge in [-0.3, -0.25) is 0 Å². The van der Waals surface area contributed by atoms with Crippen molar-refractivity contribution in [3.05, 3.63) is 35.1 Å². The third kappa shape index (κ3) is 5.83. The molecular weight excluding hydrogens is 301 g/mol. The zero-order valence-corrected chi connectivity index (χ0v) is 14.7. The third-order valence-corrected chi connectivity index (χ3v) is 4.62. The molecule has 0 radical (unpaired) electrons. The van der Waals surface area contributed by atoms with E-state index < -0.39 is 23.1 Å². The van der Waals surface area contributed by atoms with Crippen LogP contribution < -0.4 is 0 Å². The summed E-state index contributed by atoms with van der Waals surface area (Å²) < 4.78 is 45.8. The molecule has 0 fully saturated rings. The number of ether oxygens (including phenoxy) is 1. The summed E-state index contributed by atoms with van der Waals surface area (Å²) in [5.41, 5.74) is -0.109. The van der Waals surface area contributed by atoms with Gasteiger partial charge in [-0.25, -0.2) is 13.2 Å². The zero-order chi connectivity index (χ0) is 17.5. The zero-order valence-electron chi connectivity index (χ0n) is 14.7. The Hall–Kier alpha value is -1.03. The van der Waals surface area contributed by atoms with Crippen LogP contribution >= 0.6 is 0 Å². The van der Waals surface area contributed by atoms with Crippen LogP contribution in [-0.2, 0) is 4.74 Å². The van der Waals surface area contributed by atoms with E-state index in [1.807, 2.05) is 13.8 Å². The minimum atomic E-state index is -1.41. The number of unbranched alkanes of at least 4 members (excludes halogenated alkanes) is 5. The van der Waals surface area contributed by atoms with Crippen LogP contribution in [0, 0.1) is 17.5 Å². The lowest BCUT2D eigenvalue weighted by atomic mass is 9.80. The van der Waals surface area contributed by atoms with Crippen molar-refractivity contribution >= 4 is 0 Å². The van der Waals surface area contributed by atoms with Gasteiger partial charge < -0.3 is 4.74 Å². The van der Waals surface area contributed by atoms with Crippen molar-refractivity contribution in [3.63, 3.8) is 0 Å². The number of benzene rings is 1. The SMILES string of the molecule is CCCCCCCCC(c1cc(F)c(F)c(F)c1)C(C)(C)OC. The second-order valence-electron chi connectivity index (χ2n) is 6.72. The van der Waals surface area contributed by atoms with E-state index in [0.717, 1.165) is 31.4 Å². The number of hydrogen-bond acceptors (Lipinski definition) is 1. The highest BCUT2D eigenvalue weighted by Gasteiger charge is 2.31. The van der Waals surface area contributed by atoms with E-state index in [4.69, 9.17) is 4.74 Å². The molecule has 0 aliphatic heterocycles. The highest BCUT2D eigenvalue weighted by molar-refractivity contribution is 5.25. The Kier molecular flexibility index (Phi) is 8.10. The molecule has 1 nitrogen and oxygen atoms in total. The van der Waals surface area contributed by atoms with E-state index in [9.17, 15) is 13.2 Å². The van der Waals surface area contributed by atoms with Crippen LogP contribution in [0.15, 0.2) is 12.1 Å². The predicted molar refractivity (Wildman–Crippen MR) is 88.1 cm³/mol. The average molecular weight is 330 g/mol. The molecule has 1 unspecified atom stereocenters. The highest BCUT2D eigenvalue weighted by Crippen LogP contribution is 2.36. The van der Waals surface area contributed by atoms with E-state index in [2.05, 4.69) is 6.92 Å². The van der Waals surface area contributed by atoms with E-state index in [0.29, 0.717) is 5.56 Å². The molecule has 0 amide bonds. The summed E-state index contributed by atoms with van der Waals surface area (Å²) >= 11 is 0. The van der Waals surface area contributed by atoms with Gasteiger partial charge in [0.15, 0.2) is 17.5 Å². The fourth-order valence-corrected chi connectivity index (χ4v) is 2.96. The fraction of sp³-hybridized carbons (Fsp3) is 0.684. The quantitative estimate of drug-likeness (QED) is 0.358. The Morgan fingerprint density at radius 3 is 2.00 bits per heavy atom. The van der Waals surface area contributed by atoms with Crippen molar-refractivity contribution in [2.45, 2.75) is 77.2 Å². The Morgan fingerprint density at radius 1 is 0.957 bits per heavy atom. The summed E-state index contributed by atoms with van der Waals surface area (Å²) in [6.07, 6.45) is 7.63. The summed E-state index contributed by atoms with van der Waals surface area (Å²) in [6.45, 7) is 5.97. The molecule has 0 bridgehead atoms. The molecule has 0 aromatic heterocycles. The number of methoxy groups -OCH3 is 1. The minimum absolute atomic E-state index is 0.178. The fourth-order valence-electron chi connectivity index (χ4n) is 2.96. The van der Waals surface area contributed by atoms with Crippen LogP contribution in [-0.4, -0.2) is 12.7 Å². The number of halogens is 3. The second-order valence-corrected chi connectivity index (χ2v) is 6.72. The van der Waals surface area contributed by atoms with Crippen molar-refractivity contribution in [1.29, 1.82) is 0 Å². The standard InChI is InChI=1S/C19H29F3O/c1-5-6-7-8-9-10-11-15(19(2,3)23-4)14-12-16(20)18(22)17(21)13-14/h12-13,15H,5-11H2,1-4H3. The van der Waals surface area contributed by atoms with E-state index in [-0.39, 0.29) is 5.92 Å². The van der Waals surface area contributed by atoms with Crippen molar-refractivity contribution in [2.24, 2.45) is 0 Å². The van der Waals surface area contributed by atoms with Crippen molar-refractivity contribution in [1.82, 2.24) is 0 Å². The maximum atomic E-state index is 13.6. The molecule has 4 heteroatoms. The van der Waals surface area contributed by atoms with Gasteiger partial charge in [0.05, 0.1) is 5.60 Å². The summed E-state index contributed by atoms with van der Waals surface area (Å²) in [5.74, 6) is -3.87. The maximum absolute atomic E-state index is 13.6. The lowest BCUT2D eigenvalue weighted by Crippen LogP contribution is -2.32. The predicted octanol–water partition coefficient (Wildman–Crippen LogP) is 6.36. The average Bonchev–Trinajstić information content (AvgIpc) is 2.51. The lowest BCUT2D eigenvalue weighted by Gasteiger charge is -2.34. The van der Waals surface area contributed by atoms with Crippen LogP contribution in [0.25, 0.3) is 0 Å². The number of rotatable bonds is 10. The Balaban J connectivity index is 2.82. The minimum Gasteiger partial charge on any atom is -0.378 e. The van der Waals surface area contributed by atoms with E-state index >= 15 is 0 Å². The van der Waals surface area contributed by atoms with Crippen LogP contribution in [0.3, 0.4) is 0 Å². The molecule has 1 aromatic carbocycles. The third-order valence-electron chi connectivity index (χ3n) is 4.62. The molecule has 0 aliphatic carbocycles. The van der Waals surface area contributed by atoms with Crippen LogP contribution in [0.4, 0.5) is 13.2 Å². The molecule has 0 heterocycles. The van der Waals surface area contributed by atoms with Gasteiger partial charge in [0.2, 0.25) is 0 Å². The van der Waals surface area contributed by atoms with Gasteiger partial charge in [-0.1, -0.05) is 45.4 Å². The highest BCUT2D eigenvalue weighted by atomic mass is 19.2. The maximum Gasteiger partial charge on any atom is 0.194 e. The Morgan fingerprint density at radius 2 is 1.48 bits per heavy atom. The molecule has 23 heavy (non-hydrogen) atoms. The molecule has 1 atom stereocenters. The first kappa shape index (κ1) is 20.0. The Bertz CT molecular complexity index is 462. The number of hydrogen-bond donors (Lipinski definition) is 0. The molecule has 0 aliphatic rings. The lowest BCUT2D eigenvalue weighted by molar-refractivity contribution is -0.00466. The Labute approximate surface area is 138 Å². The first-order valence-corrected chi connectivity index (χ1v) is 8.53. The summed E-state index contributed by atoms with van der Waals surface area (Å²) in [6, 6.07) is 2.20. The van der Waals surface area contributed by atoms with Crippen LogP contribution in [0.1, 0.15) is 77.2 Å². The summed E-state index contributed by atoms with van der Waals surface area (Å²) in [4.78, 5) is 0. The van der Waals surface area contributed by atoms with Gasteiger partial charge >= 0.3 is 0 Å². The van der Waals surface area contributed by atoms with Crippen LogP contribution in [0.5, 0.6) is 0 Å². The van der Waals surface area contributed by atoms with Gasteiger partial charge in [-0.15, -0.1) is 0 Å². The van der Waals surface area contributed by atoms with E-state index in [1.54, 1.807) is 7.11 Å². The van der Waals surface area contributed by atoms with Gasteiger partial charge in [0.1, 0.15) is 0 Å². The normalized spacial score (nSPS) is 13.3. The van der Waals surface area contributed by atoms with Gasteiger partial charge in [0.25, 0.3) is 0 Å². The smallest absolute Gasteiger partial charge is 0.194 e. The molecule has 1 rings (SSSR count). The van der Waals surface area contributed by atoms with Crippen molar-refractivity contribution in [2.75, 3.05) is 7.11 Å². The molecule has 0 spiro atoms. The molecule has 132 valence electrons. The monoisotopic (exact) mass is 330 g/mol.